The minimum absolute atomic E-state index is 0.203. The monoisotopic (exact) mass is 254 g/mol. The molecule has 1 aliphatic heterocycles. The second kappa shape index (κ2) is 5.69. The van der Waals surface area contributed by atoms with Crippen molar-refractivity contribution in [2.24, 2.45) is 5.92 Å². The minimum Gasteiger partial charge on any atom is -0.378 e. The zero-order chi connectivity index (χ0) is 13.0. The number of urea groups is 1. The number of amides is 3. The number of ether oxygens (including phenoxy) is 1. The van der Waals surface area contributed by atoms with Gasteiger partial charge in [-0.25, -0.2) is 4.79 Å². The smallest absolute Gasteiger partial charge is 0.322 e. The van der Waals surface area contributed by atoms with Gasteiger partial charge >= 0.3 is 6.03 Å². The normalized spacial score (nSPS) is 29.2. The summed E-state index contributed by atoms with van der Waals surface area (Å²) in [5, 5.41) is 5.18. The van der Waals surface area contributed by atoms with Crippen LogP contribution in [-0.2, 0) is 9.53 Å². The second-order valence-electron chi connectivity index (χ2n) is 5.27. The molecule has 0 aromatic rings. The van der Waals surface area contributed by atoms with Crippen molar-refractivity contribution in [3.63, 3.8) is 0 Å². The van der Waals surface area contributed by atoms with Gasteiger partial charge in [0.15, 0.2) is 0 Å². The van der Waals surface area contributed by atoms with Crippen LogP contribution in [0, 0.1) is 5.92 Å². The number of carbonyl (C=O) groups is 2. The number of carbonyl (C=O) groups excluding carboxylic acids is 2. The van der Waals surface area contributed by atoms with Crippen molar-refractivity contribution in [1.29, 1.82) is 0 Å². The molecule has 3 amide bonds. The van der Waals surface area contributed by atoms with Crippen molar-refractivity contribution in [2.75, 3.05) is 13.2 Å². The lowest BCUT2D eigenvalue weighted by molar-refractivity contribution is -0.129. The molecule has 1 heterocycles. The molecular weight excluding hydrogens is 232 g/mol. The van der Waals surface area contributed by atoms with Gasteiger partial charge in [-0.3, -0.25) is 10.1 Å². The third kappa shape index (κ3) is 2.51. The SMILES string of the molecule is CCCOCC1(C2CCCCC2)NC(=O)NC1=O. The molecule has 1 atom stereocenters. The summed E-state index contributed by atoms with van der Waals surface area (Å²) in [5.41, 5.74) is -0.827. The van der Waals surface area contributed by atoms with Crippen LogP contribution < -0.4 is 10.6 Å². The molecule has 0 spiro atoms. The van der Waals surface area contributed by atoms with Gasteiger partial charge in [0.25, 0.3) is 5.91 Å². The lowest BCUT2D eigenvalue weighted by atomic mass is 9.75. The third-order valence-corrected chi connectivity index (χ3v) is 3.95. The lowest BCUT2D eigenvalue weighted by Gasteiger charge is -2.36. The van der Waals surface area contributed by atoms with Crippen LogP contribution in [0.5, 0.6) is 0 Å². The molecule has 0 aromatic heterocycles. The molecule has 1 aliphatic carbocycles. The molecule has 2 rings (SSSR count). The summed E-state index contributed by atoms with van der Waals surface area (Å²) in [5.74, 6) is -0.00920. The van der Waals surface area contributed by atoms with Crippen LogP contribution in [0.4, 0.5) is 4.79 Å². The van der Waals surface area contributed by atoms with E-state index < -0.39 is 5.54 Å². The zero-order valence-corrected chi connectivity index (χ0v) is 11.0. The first-order valence-corrected chi connectivity index (χ1v) is 6.90. The van der Waals surface area contributed by atoms with E-state index in [4.69, 9.17) is 4.74 Å². The zero-order valence-electron chi connectivity index (χ0n) is 11.0. The average Bonchev–Trinajstić information content (AvgIpc) is 2.67. The van der Waals surface area contributed by atoms with E-state index in [1.165, 1.54) is 6.42 Å². The fourth-order valence-corrected chi connectivity index (χ4v) is 2.99. The Morgan fingerprint density at radius 1 is 1.28 bits per heavy atom. The molecule has 1 saturated carbocycles. The van der Waals surface area contributed by atoms with E-state index in [1.807, 2.05) is 6.92 Å². The Morgan fingerprint density at radius 3 is 2.56 bits per heavy atom. The maximum atomic E-state index is 12.1. The first-order chi connectivity index (χ1) is 8.69. The Bertz CT molecular complexity index is 326. The van der Waals surface area contributed by atoms with Crippen LogP contribution in [0.15, 0.2) is 0 Å². The van der Waals surface area contributed by atoms with Gasteiger partial charge in [-0.05, 0) is 25.2 Å². The molecule has 102 valence electrons. The Balaban J connectivity index is 2.10. The fraction of sp³-hybridized carbons (Fsp3) is 0.846. The Kier molecular flexibility index (Phi) is 4.22. The molecule has 5 heteroatoms. The van der Waals surface area contributed by atoms with Gasteiger partial charge in [0, 0.05) is 6.61 Å². The van der Waals surface area contributed by atoms with Gasteiger partial charge in [-0.15, -0.1) is 0 Å². The molecule has 5 nitrogen and oxygen atoms in total. The highest BCUT2D eigenvalue weighted by Crippen LogP contribution is 2.34. The van der Waals surface area contributed by atoms with E-state index in [-0.39, 0.29) is 17.9 Å². The predicted molar refractivity (Wildman–Crippen MR) is 67.1 cm³/mol. The van der Waals surface area contributed by atoms with Gasteiger partial charge in [-0.1, -0.05) is 26.2 Å². The first-order valence-electron chi connectivity index (χ1n) is 6.90. The summed E-state index contributed by atoms with van der Waals surface area (Å²) in [6, 6.07) is -0.384. The Morgan fingerprint density at radius 2 is 2.00 bits per heavy atom. The van der Waals surface area contributed by atoms with Crippen LogP contribution in [0.25, 0.3) is 0 Å². The van der Waals surface area contributed by atoms with Crippen molar-refractivity contribution >= 4 is 11.9 Å². The molecular formula is C13H22N2O3. The van der Waals surface area contributed by atoms with Gasteiger partial charge in [0.1, 0.15) is 5.54 Å². The van der Waals surface area contributed by atoms with Gasteiger partial charge in [-0.2, -0.15) is 0 Å². The van der Waals surface area contributed by atoms with Gasteiger partial charge in [0.2, 0.25) is 0 Å². The Hall–Kier alpha value is -1.10. The topological polar surface area (TPSA) is 67.4 Å². The Labute approximate surface area is 108 Å². The summed E-state index contributed by atoms with van der Waals surface area (Å²) in [4.78, 5) is 23.6. The molecule has 2 N–H and O–H groups in total. The van der Waals surface area contributed by atoms with Gasteiger partial charge in [0.05, 0.1) is 6.61 Å². The van der Waals surface area contributed by atoms with Gasteiger partial charge < -0.3 is 10.1 Å². The van der Waals surface area contributed by atoms with Crippen LogP contribution in [0.2, 0.25) is 0 Å². The third-order valence-electron chi connectivity index (χ3n) is 3.95. The van der Waals surface area contributed by atoms with Crippen molar-refractivity contribution in [3.8, 4) is 0 Å². The summed E-state index contributed by atoms with van der Waals surface area (Å²) < 4.78 is 5.57. The largest absolute Gasteiger partial charge is 0.378 e. The number of hydrogen-bond acceptors (Lipinski definition) is 3. The maximum Gasteiger partial charge on any atom is 0.322 e. The summed E-state index contributed by atoms with van der Waals surface area (Å²) in [7, 11) is 0. The standard InChI is InChI=1S/C13H22N2O3/c1-2-8-18-9-13(10-6-4-3-5-7-10)11(16)14-12(17)15-13/h10H,2-9H2,1H3,(H2,14,15,16,17). The van der Waals surface area contributed by atoms with Crippen molar-refractivity contribution in [2.45, 2.75) is 51.0 Å². The van der Waals surface area contributed by atoms with Crippen LogP contribution in [0.3, 0.4) is 0 Å². The highest BCUT2D eigenvalue weighted by molar-refractivity contribution is 6.07. The molecule has 2 fully saturated rings. The van der Waals surface area contributed by atoms with E-state index in [0.717, 1.165) is 32.1 Å². The molecule has 1 saturated heterocycles. The number of rotatable bonds is 5. The van der Waals surface area contributed by atoms with E-state index in [1.54, 1.807) is 0 Å². The highest BCUT2D eigenvalue weighted by atomic mass is 16.5. The molecule has 0 bridgehead atoms. The molecule has 18 heavy (non-hydrogen) atoms. The van der Waals surface area contributed by atoms with Crippen LogP contribution in [0.1, 0.15) is 45.4 Å². The predicted octanol–water partition coefficient (Wildman–Crippen LogP) is 1.57. The molecule has 0 radical (unpaired) electrons. The second-order valence-corrected chi connectivity index (χ2v) is 5.27. The molecule has 2 aliphatic rings. The summed E-state index contributed by atoms with van der Waals surface area (Å²) >= 11 is 0. The average molecular weight is 254 g/mol. The van der Waals surface area contributed by atoms with E-state index >= 15 is 0 Å². The summed E-state index contributed by atoms with van der Waals surface area (Å²) in [6.07, 6.45) is 6.37. The first kappa shape index (κ1) is 13.3. The number of imide groups is 1. The minimum atomic E-state index is -0.827. The highest BCUT2D eigenvalue weighted by Gasteiger charge is 2.51. The number of nitrogens with one attached hydrogen (secondary N) is 2. The van der Waals surface area contributed by atoms with Crippen LogP contribution in [-0.4, -0.2) is 30.7 Å². The maximum absolute atomic E-state index is 12.1. The quantitative estimate of drug-likeness (QED) is 0.578. The van der Waals surface area contributed by atoms with Crippen LogP contribution >= 0.6 is 0 Å². The van der Waals surface area contributed by atoms with Crippen molar-refractivity contribution in [3.05, 3.63) is 0 Å². The summed E-state index contributed by atoms with van der Waals surface area (Å²) in [6.45, 7) is 2.95. The molecule has 1 unspecified atom stereocenters. The van der Waals surface area contributed by atoms with Crippen molar-refractivity contribution < 1.29 is 14.3 Å². The fourth-order valence-electron chi connectivity index (χ4n) is 2.99. The van der Waals surface area contributed by atoms with E-state index in [2.05, 4.69) is 10.6 Å². The van der Waals surface area contributed by atoms with Crippen molar-refractivity contribution in [1.82, 2.24) is 10.6 Å². The lowest BCUT2D eigenvalue weighted by Crippen LogP contribution is -2.57. The molecule has 0 aromatic carbocycles. The number of hydrogen-bond donors (Lipinski definition) is 2. The van der Waals surface area contributed by atoms with E-state index in [9.17, 15) is 9.59 Å². The van der Waals surface area contributed by atoms with E-state index in [0.29, 0.717) is 13.2 Å².